The van der Waals surface area contributed by atoms with Crippen molar-refractivity contribution in [1.29, 1.82) is 0 Å². The van der Waals surface area contributed by atoms with Crippen molar-refractivity contribution >= 4 is 10.9 Å². The summed E-state index contributed by atoms with van der Waals surface area (Å²) in [4.78, 5) is 3.26. The summed E-state index contributed by atoms with van der Waals surface area (Å²) in [5.74, 6) is -0.660. The van der Waals surface area contributed by atoms with E-state index in [-0.39, 0.29) is 6.04 Å². The Kier molecular flexibility index (Phi) is 2.86. The van der Waals surface area contributed by atoms with Crippen LogP contribution in [0, 0.1) is 0 Å². The molecule has 4 heteroatoms. The van der Waals surface area contributed by atoms with Gasteiger partial charge in [0.05, 0.1) is 19.3 Å². The van der Waals surface area contributed by atoms with E-state index in [0.717, 1.165) is 16.5 Å². The summed E-state index contributed by atoms with van der Waals surface area (Å²) in [5, 5.41) is 4.32. The number of aromatic amines is 1. The van der Waals surface area contributed by atoms with Crippen molar-refractivity contribution in [2.24, 2.45) is 0 Å². The minimum absolute atomic E-state index is 0.267. The van der Waals surface area contributed by atoms with Crippen LogP contribution in [0.2, 0.25) is 0 Å². The molecule has 1 aliphatic rings. The van der Waals surface area contributed by atoms with E-state index in [1.807, 2.05) is 32.3 Å². The molecule has 4 nitrogen and oxygen atoms in total. The Bertz CT molecular complexity index is 541. The fourth-order valence-electron chi connectivity index (χ4n) is 2.38. The van der Waals surface area contributed by atoms with Gasteiger partial charge in [-0.25, -0.2) is 0 Å². The van der Waals surface area contributed by atoms with Gasteiger partial charge in [0.1, 0.15) is 0 Å². The summed E-state index contributed by atoms with van der Waals surface area (Å²) in [6.07, 6.45) is 1.98. The number of fused-ring (bicyclic) bond motifs is 1. The average molecular weight is 246 g/mol. The van der Waals surface area contributed by atoms with Crippen LogP contribution >= 0.6 is 0 Å². The molecule has 2 aromatic rings. The molecule has 0 bridgehead atoms. The van der Waals surface area contributed by atoms with Crippen LogP contribution in [0.5, 0.6) is 0 Å². The first-order valence-electron chi connectivity index (χ1n) is 6.25. The molecule has 1 saturated heterocycles. The zero-order chi connectivity index (χ0) is 12.6. The third-order valence-electron chi connectivity index (χ3n) is 3.61. The van der Waals surface area contributed by atoms with Crippen molar-refractivity contribution in [1.82, 2.24) is 10.3 Å². The number of benzene rings is 1. The number of hydrogen-bond donors (Lipinski definition) is 2. The van der Waals surface area contributed by atoms with Gasteiger partial charge in [0.15, 0.2) is 5.79 Å². The van der Waals surface area contributed by atoms with E-state index >= 15 is 0 Å². The number of H-pyrrole nitrogens is 1. The Hall–Kier alpha value is -1.36. The SMILES string of the molecule is CNC1COC(C)(c2c[nH]c3ccccc23)OC1. The van der Waals surface area contributed by atoms with E-state index in [4.69, 9.17) is 9.47 Å². The van der Waals surface area contributed by atoms with Gasteiger partial charge in [-0.05, 0) is 20.0 Å². The number of ether oxygens (including phenoxy) is 2. The van der Waals surface area contributed by atoms with Crippen LogP contribution in [0.1, 0.15) is 12.5 Å². The van der Waals surface area contributed by atoms with E-state index < -0.39 is 5.79 Å². The molecule has 0 spiro atoms. The first-order valence-corrected chi connectivity index (χ1v) is 6.25. The van der Waals surface area contributed by atoms with Gasteiger partial charge in [-0.1, -0.05) is 18.2 Å². The summed E-state index contributed by atoms with van der Waals surface area (Å²) in [5.41, 5.74) is 2.17. The Morgan fingerprint density at radius 1 is 1.28 bits per heavy atom. The van der Waals surface area contributed by atoms with E-state index in [1.165, 1.54) is 0 Å². The molecule has 1 fully saturated rings. The van der Waals surface area contributed by atoms with Crippen LogP contribution in [0.25, 0.3) is 10.9 Å². The highest BCUT2D eigenvalue weighted by Gasteiger charge is 2.36. The van der Waals surface area contributed by atoms with Gasteiger partial charge in [0, 0.05) is 22.7 Å². The van der Waals surface area contributed by atoms with Crippen molar-refractivity contribution in [3.8, 4) is 0 Å². The molecule has 3 rings (SSSR count). The van der Waals surface area contributed by atoms with Gasteiger partial charge >= 0.3 is 0 Å². The molecule has 1 aliphatic heterocycles. The largest absolute Gasteiger partial charge is 0.361 e. The average Bonchev–Trinajstić information content (AvgIpc) is 2.84. The Morgan fingerprint density at radius 2 is 2.00 bits per heavy atom. The van der Waals surface area contributed by atoms with Crippen LogP contribution < -0.4 is 5.32 Å². The topological polar surface area (TPSA) is 46.3 Å². The van der Waals surface area contributed by atoms with Crippen LogP contribution in [0.15, 0.2) is 30.5 Å². The highest BCUT2D eigenvalue weighted by atomic mass is 16.7. The van der Waals surface area contributed by atoms with Gasteiger partial charge in [-0.3, -0.25) is 0 Å². The molecule has 0 amide bonds. The van der Waals surface area contributed by atoms with Crippen molar-refractivity contribution in [2.45, 2.75) is 18.8 Å². The third kappa shape index (κ3) is 1.82. The first kappa shape index (κ1) is 11.7. The molecule has 0 saturated carbocycles. The van der Waals surface area contributed by atoms with Gasteiger partial charge in [-0.2, -0.15) is 0 Å². The summed E-state index contributed by atoms with van der Waals surface area (Å²) in [6, 6.07) is 8.46. The zero-order valence-electron chi connectivity index (χ0n) is 10.7. The molecular weight excluding hydrogens is 228 g/mol. The summed E-state index contributed by atoms with van der Waals surface area (Å²) in [6.45, 7) is 3.30. The maximum Gasteiger partial charge on any atom is 0.194 e. The van der Waals surface area contributed by atoms with Crippen LogP contribution in [0.4, 0.5) is 0 Å². The molecule has 1 aromatic carbocycles. The zero-order valence-corrected chi connectivity index (χ0v) is 10.7. The second kappa shape index (κ2) is 4.39. The lowest BCUT2D eigenvalue weighted by Gasteiger charge is -2.37. The Balaban J connectivity index is 1.94. The van der Waals surface area contributed by atoms with Crippen LogP contribution in [-0.4, -0.2) is 31.3 Å². The molecule has 96 valence electrons. The number of nitrogens with one attached hydrogen (secondary N) is 2. The van der Waals surface area contributed by atoms with Crippen molar-refractivity contribution < 1.29 is 9.47 Å². The summed E-state index contributed by atoms with van der Waals surface area (Å²) in [7, 11) is 1.92. The quantitative estimate of drug-likeness (QED) is 0.851. The van der Waals surface area contributed by atoms with Gasteiger partial charge < -0.3 is 19.8 Å². The van der Waals surface area contributed by atoms with E-state index in [9.17, 15) is 0 Å². The van der Waals surface area contributed by atoms with Crippen molar-refractivity contribution in [3.63, 3.8) is 0 Å². The third-order valence-corrected chi connectivity index (χ3v) is 3.61. The predicted octanol–water partition coefficient (Wildman–Crippen LogP) is 1.98. The molecule has 18 heavy (non-hydrogen) atoms. The van der Waals surface area contributed by atoms with Gasteiger partial charge in [-0.15, -0.1) is 0 Å². The smallest absolute Gasteiger partial charge is 0.194 e. The molecule has 0 radical (unpaired) electrons. The predicted molar refractivity (Wildman–Crippen MR) is 70.4 cm³/mol. The first-order chi connectivity index (χ1) is 8.73. The second-order valence-electron chi connectivity index (χ2n) is 4.80. The lowest BCUT2D eigenvalue weighted by molar-refractivity contribution is -0.271. The lowest BCUT2D eigenvalue weighted by Crippen LogP contribution is -2.47. The molecule has 1 aromatic heterocycles. The van der Waals surface area contributed by atoms with E-state index in [1.54, 1.807) is 0 Å². The highest BCUT2D eigenvalue weighted by Crippen LogP contribution is 2.34. The lowest BCUT2D eigenvalue weighted by atomic mass is 10.1. The highest BCUT2D eigenvalue weighted by molar-refractivity contribution is 5.83. The fourth-order valence-corrected chi connectivity index (χ4v) is 2.38. The van der Waals surface area contributed by atoms with Gasteiger partial charge in [0.25, 0.3) is 0 Å². The van der Waals surface area contributed by atoms with Crippen LogP contribution in [0.3, 0.4) is 0 Å². The number of likely N-dealkylation sites (N-methyl/N-ethyl adjacent to an activating group) is 1. The Morgan fingerprint density at radius 3 is 2.72 bits per heavy atom. The molecule has 0 atom stereocenters. The van der Waals surface area contributed by atoms with Gasteiger partial charge in [0.2, 0.25) is 0 Å². The maximum absolute atomic E-state index is 5.92. The minimum atomic E-state index is -0.660. The van der Waals surface area contributed by atoms with Crippen LogP contribution in [-0.2, 0) is 15.3 Å². The molecule has 2 N–H and O–H groups in total. The monoisotopic (exact) mass is 246 g/mol. The minimum Gasteiger partial charge on any atom is -0.361 e. The second-order valence-corrected chi connectivity index (χ2v) is 4.80. The standard InChI is InChI=1S/C14H18N2O2/c1-14(17-8-10(15-2)9-18-14)12-7-16-13-6-4-3-5-11(12)13/h3-7,10,15-16H,8-9H2,1-2H3. The maximum atomic E-state index is 5.92. The normalized spacial score (nSPS) is 28.7. The summed E-state index contributed by atoms with van der Waals surface area (Å²) >= 11 is 0. The Labute approximate surface area is 106 Å². The van der Waals surface area contributed by atoms with Crippen molar-refractivity contribution in [2.75, 3.05) is 20.3 Å². The summed E-state index contributed by atoms with van der Waals surface area (Å²) < 4.78 is 11.8. The molecule has 2 heterocycles. The van der Waals surface area contributed by atoms with E-state index in [2.05, 4.69) is 22.4 Å². The molecular formula is C14H18N2O2. The van der Waals surface area contributed by atoms with E-state index in [0.29, 0.717) is 13.2 Å². The molecule has 0 aliphatic carbocycles. The fraction of sp³-hybridized carbons (Fsp3) is 0.429. The van der Waals surface area contributed by atoms with Crippen molar-refractivity contribution in [3.05, 3.63) is 36.0 Å². The number of para-hydroxylation sites is 1. The number of rotatable bonds is 2. The molecule has 0 unspecified atom stereocenters. The number of hydrogen-bond acceptors (Lipinski definition) is 3. The number of aromatic nitrogens is 1.